The summed E-state index contributed by atoms with van der Waals surface area (Å²) >= 11 is 0. The lowest BCUT2D eigenvalue weighted by Crippen LogP contribution is -2.31. The molecule has 0 aliphatic rings. The minimum absolute atomic E-state index is 0.0648. The van der Waals surface area contributed by atoms with Crippen LogP contribution in [0.4, 0.5) is 5.69 Å². The average molecular weight is 366 g/mol. The van der Waals surface area contributed by atoms with Gasteiger partial charge in [0.15, 0.2) is 12.4 Å². The number of imidazole rings is 1. The summed E-state index contributed by atoms with van der Waals surface area (Å²) in [5, 5.41) is 13.8. The highest BCUT2D eigenvalue weighted by Gasteiger charge is 2.16. The first kappa shape index (κ1) is 18.1. The van der Waals surface area contributed by atoms with Gasteiger partial charge in [0.1, 0.15) is 0 Å². The number of nitrogens with zero attached hydrogens (tertiary/aromatic N) is 3. The van der Waals surface area contributed by atoms with Crippen molar-refractivity contribution in [2.75, 3.05) is 6.61 Å². The van der Waals surface area contributed by atoms with Gasteiger partial charge in [0, 0.05) is 24.1 Å². The fourth-order valence-corrected chi connectivity index (χ4v) is 2.59. The summed E-state index contributed by atoms with van der Waals surface area (Å²) in [4.78, 5) is 26.5. The van der Waals surface area contributed by atoms with Crippen molar-refractivity contribution < 1.29 is 14.5 Å². The molecule has 1 N–H and O–H groups in total. The van der Waals surface area contributed by atoms with Crippen molar-refractivity contribution in [1.82, 2.24) is 14.9 Å². The Bertz CT molecular complexity index is 923. The van der Waals surface area contributed by atoms with Crippen LogP contribution in [0.2, 0.25) is 0 Å². The van der Waals surface area contributed by atoms with Crippen molar-refractivity contribution in [3.63, 3.8) is 0 Å². The van der Waals surface area contributed by atoms with Crippen LogP contribution in [0.15, 0.2) is 67.3 Å². The lowest BCUT2D eigenvalue weighted by molar-refractivity contribution is -0.385. The van der Waals surface area contributed by atoms with Crippen molar-refractivity contribution in [2.45, 2.75) is 13.0 Å². The van der Waals surface area contributed by atoms with E-state index in [1.165, 1.54) is 12.1 Å². The standard InChI is InChI=1S/C19H18N4O4/c1-14(15-6-8-16(9-7-15)22-11-10-20-13-22)21-19(24)12-27-18-5-3-2-4-17(18)23(25)26/h2-11,13-14H,12H2,1H3,(H,21,24). The largest absolute Gasteiger partial charge is 0.477 e. The molecule has 0 spiro atoms. The van der Waals surface area contributed by atoms with E-state index >= 15 is 0 Å². The van der Waals surface area contributed by atoms with Crippen LogP contribution in [0.1, 0.15) is 18.5 Å². The number of hydrogen-bond acceptors (Lipinski definition) is 5. The molecule has 2 aromatic carbocycles. The third-order valence-electron chi connectivity index (χ3n) is 3.99. The van der Waals surface area contributed by atoms with E-state index in [-0.39, 0.29) is 30.0 Å². The van der Waals surface area contributed by atoms with E-state index in [2.05, 4.69) is 10.3 Å². The molecule has 0 aliphatic carbocycles. The molecule has 0 saturated heterocycles. The SMILES string of the molecule is CC(NC(=O)COc1ccccc1[N+](=O)[O-])c1ccc(-n2ccnc2)cc1. The number of rotatable bonds is 7. The molecule has 3 rings (SSSR count). The second-order valence-electron chi connectivity index (χ2n) is 5.86. The zero-order chi connectivity index (χ0) is 19.2. The molecule has 27 heavy (non-hydrogen) atoms. The molecule has 138 valence electrons. The molecule has 8 heteroatoms. The third-order valence-corrected chi connectivity index (χ3v) is 3.99. The van der Waals surface area contributed by atoms with Crippen LogP contribution < -0.4 is 10.1 Å². The number of nitro benzene ring substituents is 1. The van der Waals surface area contributed by atoms with Crippen molar-refractivity contribution in [1.29, 1.82) is 0 Å². The fourth-order valence-electron chi connectivity index (χ4n) is 2.59. The van der Waals surface area contributed by atoms with E-state index in [0.29, 0.717) is 0 Å². The van der Waals surface area contributed by atoms with Gasteiger partial charge in [-0.25, -0.2) is 4.98 Å². The van der Waals surface area contributed by atoms with Gasteiger partial charge < -0.3 is 14.6 Å². The minimum atomic E-state index is -0.544. The maximum Gasteiger partial charge on any atom is 0.310 e. The number of nitro groups is 1. The van der Waals surface area contributed by atoms with E-state index in [0.717, 1.165) is 11.3 Å². The van der Waals surface area contributed by atoms with Crippen molar-refractivity contribution in [3.05, 3.63) is 82.9 Å². The topological polar surface area (TPSA) is 99.3 Å². The quantitative estimate of drug-likeness (QED) is 0.512. The highest BCUT2D eigenvalue weighted by atomic mass is 16.6. The predicted octanol–water partition coefficient (Wildman–Crippen LogP) is 3.04. The Morgan fingerprint density at radius 2 is 2.00 bits per heavy atom. The van der Waals surface area contributed by atoms with Gasteiger partial charge in [-0.15, -0.1) is 0 Å². The first-order valence-corrected chi connectivity index (χ1v) is 8.28. The maximum absolute atomic E-state index is 12.1. The zero-order valence-corrected chi connectivity index (χ0v) is 14.6. The monoisotopic (exact) mass is 366 g/mol. The number of amides is 1. The summed E-state index contributed by atoms with van der Waals surface area (Å²) in [6.07, 6.45) is 5.26. The van der Waals surface area contributed by atoms with Gasteiger partial charge in [-0.1, -0.05) is 24.3 Å². The molecule has 0 radical (unpaired) electrons. The number of hydrogen-bond donors (Lipinski definition) is 1. The molecule has 1 amide bonds. The molecule has 0 fully saturated rings. The Hall–Kier alpha value is -3.68. The van der Waals surface area contributed by atoms with Crippen LogP contribution in [0, 0.1) is 10.1 Å². The smallest absolute Gasteiger partial charge is 0.310 e. The number of ether oxygens (including phenoxy) is 1. The van der Waals surface area contributed by atoms with Crippen molar-refractivity contribution >= 4 is 11.6 Å². The Kier molecular flexibility index (Phi) is 5.46. The molecule has 1 aromatic heterocycles. The number of carbonyl (C=O) groups excluding carboxylic acids is 1. The second kappa shape index (κ2) is 8.13. The molecule has 8 nitrogen and oxygen atoms in total. The van der Waals surface area contributed by atoms with Gasteiger partial charge in [0.25, 0.3) is 5.91 Å². The maximum atomic E-state index is 12.1. The van der Waals surface area contributed by atoms with Crippen LogP contribution in [0.5, 0.6) is 5.75 Å². The lowest BCUT2D eigenvalue weighted by Gasteiger charge is -2.15. The molecule has 1 atom stereocenters. The summed E-state index contributed by atoms with van der Waals surface area (Å²) in [5.74, 6) is -0.297. The Labute approximate surface area is 155 Å². The molecule has 3 aromatic rings. The van der Waals surface area contributed by atoms with Gasteiger partial charge in [0.2, 0.25) is 0 Å². The average Bonchev–Trinajstić information content (AvgIpc) is 3.21. The van der Waals surface area contributed by atoms with E-state index < -0.39 is 4.92 Å². The molecule has 0 aliphatic heterocycles. The predicted molar refractivity (Wildman–Crippen MR) is 98.7 cm³/mol. The summed E-state index contributed by atoms with van der Waals surface area (Å²) in [6, 6.07) is 13.4. The van der Waals surface area contributed by atoms with Gasteiger partial charge in [-0.3, -0.25) is 14.9 Å². The molecule has 1 unspecified atom stereocenters. The first-order chi connectivity index (χ1) is 13.0. The molecular weight excluding hydrogens is 348 g/mol. The first-order valence-electron chi connectivity index (χ1n) is 8.28. The van der Waals surface area contributed by atoms with Crippen LogP contribution in [-0.4, -0.2) is 27.0 Å². The van der Waals surface area contributed by atoms with Gasteiger partial charge in [0.05, 0.1) is 17.3 Å². The van der Waals surface area contributed by atoms with E-state index in [1.807, 2.05) is 42.0 Å². The number of benzene rings is 2. The molecule has 0 saturated carbocycles. The number of para-hydroxylation sites is 2. The number of aromatic nitrogens is 2. The third kappa shape index (κ3) is 4.49. The fraction of sp³-hybridized carbons (Fsp3) is 0.158. The highest BCUT2D eigenvalue weighted by Crippen LogP contribution is 2.25. The van der Waals surface area contributed by atoms with Crippen LogP contribution >= 0.6 is 0 Å². The summed E-state index contributed by atoms with van der Waals surface area (Å²) < 4.78 is 7.18. The molecule has 1 heterocycles. The zero-order valence-electron chi connectivity index (χ0n) is 14.6. The Morgan fingerprint density at radius 3 is 2.67 bits per heavy atom. The van der Waals surface area contributed by atoms with Crippen LogP contribution in [-0.2, 0) is 4.79 Å². The van der Waals surface area contributed by atoms with Crippen LogP contribution in [0.25, 0.3) is 5.69 Å². The number of carbonyl (C=O) groups is 1. The van der Waals surface area contributed by atoms with Crippen molar-refractivity contribution in [2.24, 2.45) is 0 Å². The summed E-state index contributed by atoms with van der Waals surface area (Å²) in [7, 11) is 0. The Balaban J connectivity index is 1.57. The normalized spacial score (nSPS) is 11.6. The molecule has 0 bridgehead atoms. The van der Waals surface area contributed by atoms with Gasteiger partial charge >= 0.3 is 5.69 Å². The highest BCUT2D eigenvalue weighted by molar-refractivity contribution is 5.78. The van der Waals surface area contributed by atoms with E-state index in [4.69, 9.17) is 4.74 Å². The van der Waals surface area contributed by atoms with Crippen molar-refractivity contribution in [3.8, 4) is 11.4 Å². The minimum Gasteiger partial charge on any atom is -0.477 e. The van der Waals surface area contributed by atoms with E-state index in [9.17, 15) is 14.9 Å². The lowest BCUT2D eigenvalue weighted by atomic mass is 10.1. The van der Waals surface area contributed by atoms with Crippen LogP contribution in [0.3, 0.4) is 0 Å². The van der Waals surface area contributed by atoms with Gasteiger partial charge in [-0.05, 0) is 30.7 Å². The second-order valence-corrected chi connectivity index (χ2v) is 5.86. The van der Waals surface area contributed by atoms with E-state index in [1.54, 1.807) is 24.7 Å². The number of nitrogens with one attached hydrogen (secondary N) is 1. The Morgan fingerprint density at radius 1 is 1.26 bits per heavy atom. The summed E-state index contributed by atoms with van der Waals surface area (Å²) in [5.41, 5.74) is 1.72. The van der Waals surface area contributed by atoms with Gasteiger partial charge in [-0.2, -0.15) is 0 Å². The summed E-state index contributed by atoms with van der Waals surface area (Å²) in [6.45, 7) is 1.55. The molecular formula is C19H18N4O4.